The van der Waals surface area contributed by atoms with Gasteiger partial charge in [-0.2, -0.15) is 0 Å². The quantitative estimate of drug-likeness (QED) is 0.170. The fourth-order valence-corrected chi connectivity index (χ4v) is 9.84. The molecule has 4 aliphatic heterocycles. The molecule has 3 saturated heterocycles. The molecule has 6 heterocycles. The van der Waals surface area contributed by atoms with E-state index >= 15 is 0 Å². The van der Waals surface area contributed by atoms with E-state index in [1.807, 2.05) is 6.92 Å². The minimum atomic E-state index is -0.232. The van der Waals surface area contributed by atoms with Gasteiger partial charge < -0.3 is 20.4 Å². The van der Waals surface area contributed by atoms with Gasteiger partial charge in [-0.05, 0) is 92.7 Å². The zero-order chi connectivity index (χ0) is 36.8. The minimum Gasteiger partial charge on any atom is -0.381 e. The maximum Gasteiger partial charge on any atom is 0.263 e. The van der Waals surface area contributed by atoms with E-state index in [9.17, 15) is 14.4 Å². The number of piperazine rings is 1. The molecule has 9 rings (SSSR count). The van der Waals surface area contributed by atoms with Crippen molar-refractivity contribution in [1.29, 1.82) is 0 Å². The first-order valence-electron chi connectivity index (χ1n) is 19.5. The zero-order valence-electron chi connectivity index (χ0n) is 30.8. The predicted molar refractivity (Wildman–Crippen MR) is 217 cm³/mol. The van der Waals surface area contributed by atoms with Gasteiger partial charge in [-0.3, -0.25) is 24.6 Å². The molecule has 0 aliphatic carbocycles. The van der Waals surface area contributed by atoms with Crippen LogP contribution < -0.4 is 20.9 Å². The summed E-state index contributed by atoms with van der Waals surface area (Å²) in [5, 5.41) is 11.2. The number of amides is 3. The third-order valence-electron chi connectivity index (χ3n) is 12.0. The number of carbonyl (C=O) groups excluding carboxylic acids is 3. The topological polar surface area (TPSA) is 110 Å². The third kappa shape index (κ3) is 6.96. The lowest BCUT2D eigenvalue weighted by Crippen LogP contribution is -2.49. The molecule has 3 N–H and O–H groups in total. The Morgan fingerprint density at radius 3 is 2.24 bits per heavy atom. The largest absolute Gasteiger partial charge is 0.381 e. The molecular weight excluding hydrogens is 695 g/mol. The lowest BCUT2D eigenvalue weighted by molar-refractivity contribution is -0.134. The molecule has 278 valence electrons. The van der Waals surface area contributed by atoms with Crippen LogP contribution in [-0.4, -0.2) is 97.4 Å². The van der Waals surface area contributed by atoms with Gasteiger partial charge >= 0.3 is 0 Å². The van der Waals surface area contributed by atoms with Gasteiger partial charge in [0.05, 0.1) is 22.8 Å². The van der Waals surface area contributed by atoms with Gasteiger partial charge in [-0.15, -0.1) is 11.3 Å². The zero-order valence-corrected chi connectivity index (χ0v) is 31.6. The van der Waals surface area contributed by atoms with Crippen LogP contribution in [0.5, 0.6) is 0 Å². The molecular formula is C43H47N7O3S. The summed E-state index contributed by atoms with van der Waals surface area (Å²) in [6, 6.07) is 25.9. The lowest BCUT2D eigenvalue weighted by Gasteiger charge is -2.38. The van der Waals surface area contributed by atoms with Gasteiger partial charge in [0.2, 0.25) is 11.8 Å². The molecule has 4 aliphatic rings. The number of nitrogens with one attached hydrogen (secondary N) is 3. The standard InChI is InChI=1S/C43H47N7O3S/c1-27-26-44-40-39-34-10-12-35(46-36(34)13-14-37(39)54-41(40)43(53)45-27)31-4-2-28(3-5-31)29-16-18-48(19-17-29)20-21-49-22-24-50(25-23-49)32-8-6-30(7-9-32)33-11-15-38(51)47-42(33)52/h2-10,12-14,27,29,33,44H,11,15-26H2,1H3,(H,45,53)(H,47,51,52)/t27-,33?/m1/s1. The van der Waals surface area contributed by atoms with E-state index in [0.29, 0.717) is 25.3 Å². The highest BCUT2D eigenvalue weighted by Crippen LogP contribution is 2.41. The Morgan fingerprint density at radius 2 is 1.50 bits per heavy atom. The summed E-state index contributed by atoms with van der Waals surface area (Å²) in [6.07, 6.45) is 3.36. The fraction of sp³-hybridized carbons (Fsp3) is 0.395. The number of nitrogens with zero attached hydrogens (tertiary/aromatic N) is 4. The summed E-state index contributed by atoms with van der Waals surface area (Å²) in [5.74, 6) is -0.00443. The van der Waals surface area contributed by atoms with Gasteiger partial charge in [0.15, 0.2) is 0 Å². The number of rotatable bonds is 7. The van der Waals surface area contributed by atoms with Gasteiger partial charge in [-0.1, -0.05) is 36.4 Å². The number of hydrogen-bond acceptors (Lipinski definition) is 9. The maximum absolute atomic E-state index is 12.8. The van der Waals surface area contributed by atoms with E-state index in [2.05, 4.69) is 103 Å². The summed E-state index contributed by atoms with van der Waals surface area (Å²) in [5.41, 5.74) is 7.57. The van der Waals surface area contributed by atoms with Crippen molar-refractivity contribution in [2.75, 3.05) is 69.1 Å². The molecule has 2 aromatic heterocycles. The third-order valence-corrected chi connectivity index (χ3v) is 13.1. The van der Waals surface area contributed by atoms with Gasteiger partial charge in [0.25, 0.3) is 5.91 Å². The van der Waals surface area contributed by atoms with E-state index in [-0.39, 0.29) is 29.7 Å². The second kappa shape index (κ2) is 14.8. The molecule has 54 heavy (non-hydrogen) atoms. The number of aromatic nitrogens is 1. The number of likely N-dealkylation sites (tertiary alicyclic amines) is 1. The average molecular weight is 742 g/mol. The van der Waals surface area contributed by atoms with Gasteiger partial charge in [-0.25, -0.2) is 4.98 Å². The number of carbonyl (C=O) groups is 3. The van der Waals surface area contributed by atoms with E-state index < -0.39 is 0 Å². The monoisotopic (exact) mass is 741 g/mol. The summed E-state index contributed by atoms with van der Waals surface area (Å²) in [7, 11) is 0. The summed E-state index contributed by atoms with van der Waals surface area (Å²) >= 11 is 1.54. The Hall–Kier alpha value is -4.84. The molecule has 0 spiro atoms. The molecule has 10 nitrogen and oxygen atoms in total. The Morgan fingerprint density at radius 1 is 0.778 bits per heavy atom. The lowest BCUT2D eigenvalue weighted by atomic mass is 9.88. The van der Waals surface area contributed by atoms with Gasteiger partial charge in [0, 0.05) is 85.0 Å². The normalized spacial score (nSPS) is 21.8. The Kier molecular flexibility index (Phi) is 9.54. The Bertz CT molecular complexity index is 2200. The molecule has 3 fully saturated rings. The van der Waals surface area contributed by atoms with Crippen molar-refractivity contribution in [3.8, 4) is 11.3 Å². The Labute approximate surface area is 319 Å². The van der Waals surface area contributed by atoms with Crippen molar-refractivity contribution >= 4 is 61.4 Å². The molecule has 0 radical (unpaired) electrons. The molecule has 0 saturated carbocycles. The van der Waals surface area contributed by atoms with Crippen LogP contribution in [0.4, 0.5) is 11.4 Å². The van der Waals surface area contributed by atoms with E-state index in [4.69, 9.17) is 4.98 Å². The van der Waals surface area contributed by atoms with Crippen LogP contribution in [0.15, 0.2) is 72.8 Å². The number of fused-ring (bicyclic) bond motifs is 5. The van der Waals surface area contributed by atoms with Crippen LogP contribution in [0.1, 0.15) is 65.2 Å². The van der Waals surface area contributed by atoms with Crippen LogP contribution in [0, 0.1) is 0 Å². The van der Waals surface area contributed by atoms with E-state index in [1.54, 1.807) is 11.3 Å². The molecule has 3 aromatic carbocycles. The number of pyridine rings is 1. The fourth-order valence-electron chi connectivity index (χ4n) is 8.74. The molecule has 1 unspecified atom stereocenters. The second-order valence-electron chi connectivity index (χ2n) is 15.4. The van der Waals surface area contributed by atoms with Crippen LogP contribution in [-0.2, 0) is 9.59 Å². The first-order chi connectivity index (χ1) is 26.4. The van der Waals surface area contributed by atoms with E-state index in [1.165, 1.54) is 24.1 Å². The van der Waals surface area contributed by atoms with Crippen molar-refractivity contribution in [2.24, 2.45) is 0 Å². The predicted octanol–water partition coefficient (Wildman–Crippen LogP) is 6.18. The smallest absolute Gasteiger partial charge is 0.263 e. The first-order valence-corrected chi connectivity index (χ1v) is 20.3. The van der Waals surface area contributed by atoms with Crippen LogP contribution in [0.25, 0.3) is 32.2 Å². The van der Waals surface area contributed by atoms with Crippen molar-refractivity contribution < 1.29 is 14.4 Å². The molecule has 3 amide bonds. The highest BCUT2D eigenvalue weighted by atomic mass is 32.1. The highest BCUT2D eigenvalue weighted by Gasteiger charge is 2.29. The van der Waals surface area contributed by atoms with Crippen LogP contribution in [0.3, 0.4) is 0 Å². The van der Waals surface area contributed by atoms with Crippen molar-refractivity contribution in [1.82, 2.24) is 25.4 Å². The van der Waals surface area contributed by atoms with Crippen molar-refractivity contribution in [3.05, 3.63) is 88.8 Å². The number of hydrogen-bond donors (Lipinski definition) is 3. The maximum atomic E-state index is 12.8. The van der Waals surface area contributed by atoms with Crippen molar-refractivity contribution in [3.63, 3.8) is 0 Å². The number of anilines is 2. The van der Waals surface area contributed by atoms with Crippen LogP contribution in [0.2, 0.25) is 0 Å². The summed E-state index contributed by atoms with van der Waals surface area (Å²) < 4.78 is 1.10. The van der Waals surface area contributed by atoms with Gasteiger partial charge in [0.1, 0.15) is 4.88 Å². The summed E-state index contributed by atoms with van der Waals surface area (Å²) in [4.78, 5) is 50.1. The number of imide groups is 1. The van der Waals surface area contributed by atoms with E-state index in [0.717, 1.165) is 101 Å². The summed E-state index contributed by atoms with van der Waals surface area (Å²) in [6.45, 7) is 11.3. The number of thiophene rings is 1. The minimum absolute atomic E-state index is 0.00634. The van der Waals surface area contributed by atoms with Crippen LogP contribution >= 0.6 is 11.3 Å². The SMILES string of the molecule is C[C@@H]1CNc2c(sc3ccc4nc(-c5ccc(C6CCN(CCN7CCN(c8ccc(C9CCC(=O)NC9=O)cc8)CC7)CC6)cc5)ccc4c23)C(=O)N1. The second-order valence-corrected chi connectivity index (χ2v) is 16.5. The average Bonchev–Trinajstić information content (AvgIpc) is 3.52. The molecule has 11 heteroatoms. The molecule has 2 atom stereocenters. The first kappa shape index (κ1) is 34.9. The number of benzene rings is 3. The number of piperidine rings is 2. The molecule has 0 bridgehead atoms. The molecule has 5 aromatic rings. The highest BCUT2D eigenvalue weighted by molar-refractivity contribution is 7.21. The Balaban J connectivity index is 0.755. The van der Waals surface area contributed by atoms with Crippen molar-refractivity contribution in [2.45, 2.75) is 50.5 Å².